The van der Waals surface area contributed by atoms with Crippen molar-refractivity contribution in [2.45, 2.75) is 50.7 Å². The van der Waals surface area contributed by atoms with Crippen LogP contribution in [0.1, 0.15) is 44.6 Å². The van der Waals surface area contributed by atoms with Crippen LogP contribution in [0, 0.1) is 9.49 Å². The Kier molecular flexibility index (Phi) is 3.98. The van der Waals surface area contributed by atoms with Crippen molar-refractivity contribution in [3.05, 3.63) is 16.1 Å². The van der Waals surface area contributed by atoms with E-state index in [9.17, 15) is 0 Å². The van der Waals surface area contributed by atoms with E-state index in [2.05, 4.69) is 43.3 Å². The van der Waals surface area contributed by atoms with E-state index in [0.29, 0.717) is 18.0 Å². The van der Waals surface area contributed by atoms with Crippen LogP contribution in [0.3, 0.4) is 0 Å². The highest BCUT2D eigenvalue weighted by atomic mass is 127. The summed E-state index contributed by atoms with van der Waals surface area (Å²) in [4.78, 5) is 8.57. The van der Waals surface area contributed by atoms with Crippen molar-refractivity contribution >= 4 is 39.4 Å². The highest BCUT2D eigenvalue weighted by Gasteiger charge is 2.27. The van der Waals surface area contributed by atoms with E-state index in [1.807, 2.05) is 0 Å². The fraction of sp³-hybridized carbons (Fsp3) is 0.625. The highest BCUT2D eigenvalue weighted by molar-refractivity contribution is 14.1. The molecule has 0 radical (unpaired) electrons. The number of nitrogen functional groups attached to an aromatic ring is 1. The van der Waals surface area contributed by atoms with Gasteiger partial charge in [-0.3, -0.25) is 0 Å². The Bertz CT molecular complexity index is 674. The molecule has 2 aliphatic rings. The summed E-state index contributed by atoms with van der Waals surface area (Å²) in [6, 6.07) is 0.501. The van der Waals surface area contributed by atoms with E-state index in [0.717, 1.165) is 52.8 Å². The molecule has 118 valence electrons. The first-order valence-electron chi connectivity index (χ1n) is 8.10. The molecular weight excluding hydrogens is 391 g/mol. The van der Waals surface area contributed by atoms with Gasteiger partial charge in [-0.1, -0.05) is 0 Å². The number of nitrogens with zero attached hydrogens (tertiary/aromatic N) is 3. The minimum atomic E-state index is 0.456. The molecule has 0 spiro atoms. The van der Waals surface area contributed by atoms with Crippen LogP contribution in [0.2, 0.25) is 0 Å². The zero-order chi connectivity index (χ0) is 15.1. The van der Waals surface area contributed by atoms with Crippen molar-refractivity contribution in [3.8, 4) is 0 Å². The Morgan fingerprint density at radius 2 is 1.95 bits per heavy atom. The Hall–Kier alpha value is -0.890. The standard InChI is InChI=1S/C16H21IN4O/c17-13-7-21(16-14(13)15(18)19-9-20-16)11-3-5-12(6-4-11)22-8-10-1-2-10/h7,9-12H,1-6,8H2,(H2,18,19,20). The van der Waals surface area contributed by atoms with Crippen molar-refractivity contribution < 1.29 is 4.74 Å². The predicted molar refractivity (Wildman–Crippen MR) is 94.6 cm³/mol. The van der Waals surface area contributed by atoms with Gasteiger partial charge in [0.1, 0.15) is 17.8 Å². The molecule has 2 saturated carbocycles. The molecule has 0 saturated heterocycles. The quantitative estimate of drug-likeness (QED) is 0.781. The van der Waals surface area contributed by atoms with Crippen LogP contribution in [0.4, 0.5) is 5.82 Å². The van der Waals surface area contributed by atoms with Crippen molar-refractivity contribution in [1.82, 2.24) is 14.5 Å². The second kappa shape index (κ2) is 5.96. The van der Waals surface area contributed by atoms with Crippen molar-refractivity contribution in [2.75, 3.05) is 12.3 Å². The molecule has 2 aromatic rings. The van der Waals surface area contributed by atoms with Gasteiger partial charge in [-0.05, 0) is 67.0 Å². The summed E-state index contributed by atoms with van der Waals surface area (Å²) in [5.41, 5.74) is 6.98. The minimum absolute atomic E-state index is 0.456. The fourth-order valence-corrected chi connectivity index (χ4v) is 4.20. The monoisotopic (exact) mass is 412 g/mol. The maximum absolute atomic E-state index is 6.05. The second-order valence-electron chi connectivity index (χ2n) is 6.55. The first-order valence-corrected chi connectivity index (χ1v) is 9.18. The highest BCUT2D eigenvalue weighted by Crippen LogP contribution is 2.36. The van der Waals surface area contributed by atoms with E-state index in [-0.39, 0.29) is 0 Å². The van der Waals surface area contributed by atoms with E-state index in [4.69, 9.17) is 10.5 Å². The Morgan fingerprint density at radius 3 is 2.68 bits per heavy atom. The predicted octanol–water partition coefficient (Wildman–Crippen LogP) is 3.53. The van der Waals surface area contributed by atoms with Gasteiger partial charge in [0, 0.05) is 22.4 Å². The van der Waals surface area contributed by atoms with Crippen LogP contribution in [0.15, 0.2) is 12.5 Å². The SMILES string of the molecule is Nc1ncnc2c1c(I)cn2C1CCC(OCC2CC2)CC1. The summed E-state index contributed by atoms with van der Waals surface area (Å²) in [6.45, 7) is 0.976. The number of ether oxygens (including phenoxy) is 1. The lowest BCUT2D eigenvalue weighted by atomic mass is 9.93. The van der Waals surface area contributed by atoms with Gasteiger partial charge in [0.15, 0.2) is 0 Å². The lowest BCUT2D eigenvalue weighted by molar-refractivity contribution is 0.0140. The number of nitrogens with two attached hydrogens (primary N) is 1. The van der Waals surface area contributed by atoms with Gasteiger partial charge in [0.05, 0.1) is 11.5 Å². The molecule has 2 aromatic heterocycles. The molecule has 2 N–H and O–H groups in total. The molecular formula is C16H21IN4O. The third kappa shape index (κ3) is 2.82. The van der Waals surface area contributed by atoms with E-state index >= 15 is 0 Å². The van der Waals surface area contributed by atoms with Crippen LogP contribution < -0.4 is 5.73 Å². The number of hydrogen-bond acceptors (Lipinski definition) is 4. The molecule has 5 nitrogen and oxygen atoms in total. The van der Waals surface area contributed by atoms with E-state index in [1.54, 1.807) is 6.33 Å². The molecule has 2 aliphatic carbocycles. The van der Waals surface area contributed by atoms with Crippen molar-refractivity contribution in [1.29, 1.82) is 0 Å². The third-order valence-electron chi connectivity index (χ3n) is 4.89. The Balaban J connectivity index is 1.48. The lowest BCUT2D eigenvalue weighted by Crippen LogP contribution is -2.24. The molecule has 4 rings (SSSR count). The smallest absolute Gasteiger partial charge is 0.146 e. The maximum Gasteiger partial charge on any atom is 0.146 e. The molecule has 6 heteroatoms. The summed E-state index contributed by atoms with van der Waals surface area (Å²) in [5, 5.41) is 0.996. The van der Waals surface area contributed by atoms with Crippen molar-refractivity contribution in [2.24, 2.45) is 5.92 Å². The van der Waals surface area contributed by atoms with Gasteiger partial charge >= 0.3 is 0 Å². The fourth-order valence-electron chi connectivity index (χ4n) is 3.39. The van der Waals surface area contributed by atoms with Gasteiger partial charge in [-0.15, -0.1) is 0 Å². The molecule has 2 heterocycles. The number of halogens is 1. The Labute approximate surface area is 143 Å². The van der Waals surface area contributed by atoms with Gasteiger partial charge in [-0.2, -0.15) is 0 Å². The summed E-state index contributed by atoms with van der Waals surface area (Å²) in [6.07, 6.45) is 11.5. The average molecular weight is 412 g/mol. The molecule has 2 fully saturated rings. The molecule has 0 aromatic carbocycles. The summed E-state index contributed by atoms with van der Waals surface area (Å²) in [5.74, 6) is 1.43. The number of anilines is 1. The third-order valence-corrected chi connectivity index (χ3v) is 5.71. The summed E-state index contributed by atoms with van der Waals surface area (Å²) < 4.78 is 9.48. The van der Waals surface area contributed by atoms with Gasteiger partial charge < -0.3 is 15.0 Å². The number of hydrogen-bond donors (Lipinski definition) is 1. The van der Waals surface area contributed by atoms with Crippen LogP contribution in [-0.2, 0) is 4.74 Å². The van der Waals surface area contributed by atoms with Crippen molar-refractivity contribution in [3.63, 3.8) is 0 Å². The molecule has 0 aliphatic heterocycles. The molecule has 0 amide bonds. The van der Waals surface area contributed by atoms with Gasteiger partial charge in [0.25, 0.3) is 0 Å². The number of aromatic nitrogens is 3. The number of rotatable bonds is 4. The zero-order valence-corrected chi connectivity index (χ0v) is 14.7. The maximum atomic E-state index is 6.05. The molecule has 0 atom stereocenters. The van der Waals surface area contributed by atoms with E-state index in [1.165, 1.54) is 12.8 Å². The molecule has 0 unspecified atom stereocenters. The first-order chi connectivity index (χ1) is 10.7. The lowest BCUT2D eigenvalue weighted by Gasteiger charge is -2.29. The largest absolute Gasteiger partial charge is 0.383 e. The second-order valence-corrected chi connectivity index (χ2v) is 7.71. The molecule has 22 heavy (non-hydrogen) atoms. The average Bonchev–Trinajstić information content (AvgIpc) is 3.29. The normalized spacial score (nSPS) is 25.7. The minimum Gasteiger partial charge on any atom is -0.383 e. The summed E-state index contributed by atoms with van der Waals surface area (Å²) >= 11 is 2.33. The van der Waals surface area contributed by atoms with E-state index < -0.39 is 0 Å². The zero-order valence-electron chi connectivity index (χ0n) is 12.5. The molecule has 0 bridgehead atoms. The summed E-state index contributed by atoms with van der Waals surface area (Å²) in [7, 11) is 0. The first kappa shape index (κ1) is 14.7. The van der Waals surface area contributed by atoms with Crippen LogP contribution in [0.25, 0.3) is 11.0 Å². The number of fused-ring (bicyclic) bond motifs is 1. The Morgan fingerprint density at radius 1 is 1.18 bits per heavy atom. The van der Waals surface area contributed by atoms with Gasteiger partial charge in [0.2, 0.25) is 0 Å². The van der Waals surface area contributed by atoms with Crippen LogP contribution in [-0.4, -0.2) is 27.2 Å². The van der Waals surface area contributed by atoms with Gasteiger partial charge in [-0.25, -0.2) is 9.97 Å². The van der Waals surface area contributed by atoms with Crippen LogP contribution in [0.5, 0.6) is 0 Å². The van der Waals surface area contributed by atoms with Crippen LogP contribution >= 0.6 is 22.6 Å². The topological polar surface area (TPSA) is 66.0 Å².